The number of sulfonamides is 1. The summed E-state index contributed by atoms with van der Waals surface area (Å²) >= 11 is 0. The fourth-order valence-electron chi connectivity index (χ4n) is 4.06. The topological polar surface area (TPSA) is 65.6 Å². The van der Waals surface area contributed by atoms with Gasteiger partial charge in [0, 0.05) is 5.56 Å². The second kappa shape index (κ2) is 7.43. The minimum Gasteiger partial charge on any atom is -0.329 e. The maximum absolute atomic E-state index is 13.0. The Labute approximate surface area is 160 Å². The molecule has 0 spiro atoms. The molecule has 27 heavy (non-hydrogen) atoms. The lowest BCUT2D eigenvalue weighted by Gasteiger charge is -2.31. The number of nitriles is 1. The van der Waals surface area contributed by atoms with Crippen LogP contribution in [0.15, 0.2) is 47.4 Å². The monoisotopic (exact) mass is 382 g/mol. The second-order valence-electron chi connectivity index (χ2n) is 7.42. The van der Waals surface area contributed by atoms with E-state index in [2.05, 4.69) is 6.07 Å². The zero-order valence-electron chi connectivity index (χ0n) is 15.3. The van der Waals surface area contributed by atoms with Gasteiger partial charge in [-0.25, -0.2) is 8.42 Å². The van der Waals surface area contributed by atoms with Gasteiger partial charge < -0.3 is 4.90 Å². The zero-order valence-corrected chi connectivity index (χ0v) is 16.1. The first-order chi connectivity index (χ1) is 13.1. The molecule has 0 saturated carbocycles. The lowest BCUT2D eigenvalue weighted by Crippen LogP contribution is -3.13. The van der Waals surface area contributed by atoms with E-state index in [1.807, 2.05) is 36.4 Å². The summed E-state index contributed by atoms with van der Waals surface area (Å²) in [6.45, 7) is 3.54. The number of nitrogens with zero attached hydrogens (tertiary/aromatic N) is 2. The van der Waals surface area contributed by atoms with Gasteiger partial charge in [0.25, 0.3) is 0 Å². The molecule has 5 nitrogen and oxygen atoms in total. The summed E-state index contributed by atoms with van der Waals surface area (Å²) < 4.78 is 27.6. The highest BCUT2D eigenvalue weighted by Crippen LogP contribution is 2.26. The van der Waals surface area contributed by atoms with Crippen LogP contribution in [0.5, 0.6) is 0 Å². The predicted molar refractivity (Wildman–Crippen MR) is 103 cm³/mol. The molecule has 1 heterocycles. The predicted octanol–water partition coefficient (Wildman–Crippen LogP) is 1.14. The normalized spacial score (nSPS) is 18.2. The molecule has 2 aliphatic rings. The molecule has 0 radical (unpaired) electrons. The van der Waals surface area contributed by atoms with E-state index in [-0.39, 0.29) is 0 Å². The Morgan fingerprint density at radius 3 is 2.41 bits per heavy atom. The molecular formula is C21H24N3O2S+. The number of piperazine rings is 1. The van der Waals surface area contributed by atoms with Crippen molar-refractivity contribution < 1.29 is 13.3 Å². The van der Waals surface area contributed by atoms with Crippen LogP contribution in [-0.4, -0.2) is 38.9 Å². The molecule has 1 saturated heterocycles. The molecule has 0 bridgehead atoms. The van der Waals surface area contributed by atoms with E-state index < -0.39 is 10.0 Å². The highest BCUT2D eigenvalue weighted by molar-refractivity contribution is 7.89. The Morgan fingerprint density at radius 1 is 1.00 bits per heavy atom. The largest absolute Gasteiger partial charge is 0.329 e. The number of nitrogens with one attached hydrogen (secondary N) is 1. The molecule has 2 aromatic rings. The van der Waals surface area contributed by atoms with Crippen LogP contribution in [0.1, 0.15) is 28.7 Å². The summed E-state index contributed by atoms with van der Waals surface area (Å²) in [5, 5.41) is 8.88. The van der Waals surface area contributed by atoms with Crippen LogP contribution >= 0.6 is 0 Å². The SMILES string of the molecule is N#Cc1ccc(C[NH+]2CCN(S(=O)(=O)c3ccc4c(c3)CCC4)CC2)cc1. The van der Waals surface area contributed by atoms with Crippen LogP contribution in [0.4, 0.5) is 0 Å². The average Bonchev–Trinajstić information content (AvgIpc) is 3.17. The van der Waals surface area contributed by atoms with Gasteiger partial charge in [-0.05, 0) is 54.7 Å². The first-order valence-electron chi connectivity index (χ1n) is 9.51. The summed E-state index contributed by atoms with van der Waals surface area (Å²) in [5.41, 5.74) is 4.34. The molecule has 0 unspecified atom stereocenters. The van der Waals surface area contributed by atoms with Crippen molar-refractivity contribution in [3.05, 3.63) is 64.7 Å². The van der Waals surface area contributed by atoms with Crippen LogP contribution in [-0.2, 0) is 29.4 Å². The third kappa shape index (κ3) is 3.77. The van der Waals surface area contributed by atoms with Crippen molar-refractivity contribution in [3.8, 4) is 6.07 Å². The summed E-state index contributed by atoms with van der Waals surface area (Å²) in [5.74, 6) is 0. The Bertz CT molecular complexity index is 969. The summed E-state index contributed by atoms with van der Waals surface area (Å²) in [6, 6.07) is 15.4. The molecule has 140 valence electrons. The van der Waals surface area contributed by atoms with Gasteiger partial charge in [0.1, 0.15) is 6.54 Å². The third-order valence-corrected chi connectivity index (χ3v) is 7.57. The summed E-state index contributed by atoms with van der Waals surface area (Å²) in [7, 11) is -3.40. The fraction of sp³-hybridized carbons (Fsp3) is 0.381. The maximum atomic E-state index is 13.0. The van der Waals surface area contributed by atoms with Crippen molar-refractivity contribution in [1.82, 2.24) is 4.31 Å². The molecular weight excluding hydrogens is 358 g/mol. The maximum Gasteiger partial charge on any atom is 0.243 e. The van der Waals surface area contributed by atoms with Gasteiger partial charge in [0.05, 0.1) is 42.7 Å². The number of benzene rings is 2. The molecule has 1 aliphatic heterocycles. The standard InChI is InChI=1S/C21H23N3O2S/c22-15-17-4-6-18(7-5-17)16-23-10-12-24(13-11-23)27(25,26)21-9-8-19-2-1-3-20(19)14-21/h4-9,14H,1-3,10-13,16H2/p+1. The number of hydrogen-bond donors (Lipinski definition) is 1. The highest BCUT2D eigenvalue weighted by Gasteiger charge is 2.31. The molecule has 4 rings (SSSR count). The third-order valence-electron chi connectivity index (χ3n) is 5.67. The minimum absolute atomic E-state index is 0.443. The van der Waals surface area contributed by atoms with E-state index in [9.17, 15) is 8.42 Å². The van der Waals surface area contributed by atoms with Crippen LogP contribution in [0.3, 0.4) is 0 Å². The van der Waals surface area contributed by atoms with Crippen molar-refractivity contribution in [2.75, 3.05) is 26.2 Å². The first kappa shape index (κ1) is 18.2. The Morgan fingerprint density at radius 2 is 1.70 bits per heavy atom. The van der Waals surface area contributed by atoms with Crippen molar-refractivity contribution in [2.45, 2.75) is 30.7 Å². The Hall–Kier alpha value is -2.20. The quantitative estimate of drug-likeness (QED) is 0.862. The zero-order chi connectivity index (χ0) is 18.9. The lowest BCUT2D eigenvalue weighted by molar-refractivity contribution is -0.917. The second-order valence-corrected chi connectivity index (χ2v) is 9.36. The fourth-order valence-corrected chi connectivity index (χ4v) is 5.56. The lowest BCUT2D eigenvalue weighted by atomic mass is 10.1. The van der Waals surface area contributed by atoms with E-state index in [0.29, 0.717) is 23.5 Å². The number of aryl methyl sites for hydroxylation is 2. The number of rotatable bonds is 4. The Balaban J connectivity index is 1.40. The molecule has 0 aromatic heterocycles. The highest BCUT2D eigenvalue weighted by atomic mass is 32.2. The molecule has 1 fully saturated rings. The molecule has 0 amide bonds. The van der Waals surface area contributed by atoms with Crippen LogP contribution in [0, 0.1) is 11.3 Å². The molecule has 1 N–H and O–H groups in total. The van der Waals surface area contributed by atoms with Crippen LogP contribution < -0.4 is 4.90 Å². The number of fused-ring (bicyclic) bond motifs is 1. The smallest absolute Gasteiger partial charge is 0.243 e. The number of hydrogen-bond acceptors (Lipinski definition) is 3. The van der Waals surface area contributed by atoms with Gasteiger partial charge in [-0.1, -0.05) is 18.2 Å². The van der Waals surface area contributed by atoms with E-state index >= 15 is 0 Å². The molecule has 0 atom stereocenters. The van der Waals surface area contributed by atoms with Gasteiger partial charge in [0.2, 0.25) is 10.0 Å². The van der Waals surface area contributed by atoms with E-state index in [1.54, 1.807) is 10.4 Å². The molecule has 6 heteroatoms. The van der Waals surface area contributed by atoms with E-state index in [4.69, 9.17) is 5.26 Å². The number of quaternary nitrogens is 1. The van der Waals surface area contributed by atoms with Gasteiger partial charge >= 0.3 is 0 Å². The van der Waals surface area contributed by atoms with Crippen molar-refractivity contribution in [3.63, 3.8) is 0 Å². The van der Waals surface area contributed by atoms with Gasteiger partial charge in [0.15, 0.2) is 0 Å². The molecule has 2 aromatic carbocycles. The van der Waals surface area contributed by atoms with Crippen LogP contribution in [0.2, 0.25) is 0 Å². The first-order valence-corrected chi connectivity index (χ1v) is 10.9. The Kier molecular flexibility index (Phi) is 5.00. The van der Waals surface area contributed by atoms with Crippen molar-refractivity contribution >= 4 is 10.0 Å². The summed E-state index contributed by atoms with van der Waals surface area (Å²) in [6.07, 6.45) is 3.17. The average molecular weight is 383 g/mol. The molecule has 1 aliphatic carbocycles. The van der Waals surface area contributed by atoms with Crippen molar-refractivity contribution in [2.24, 2.45) is 0 Å². The van der Waals surface area contributed by atoms with Gasteiger partial charge in [-0.2, -0.15) is 9.57 Å². The van der Waals surface area contributed by atoms with Crippen molar-refractivity contribution in [1.29, 1.82) is 5.26 Å². The van der Waals surface area contributed by atoms with Gasteiger partial charge in [-0.15, -0.1) is 0 Å². The van der Waals surface area contributed by atoms with Crippen LogP contribution in [0.25, 0.3) is 0 Å². The minimum atomic E-state index is -3.40. The van der Waals surface area contributed by atoms with E-state index in [1.165, 1.54) is 21.6 Å². The van der Waals surface area contributed by atoms with E-state index in [0.717, 1.165) is 38.9 Å². The van der Waals surface area contributed by atoms with Gasteiger partial charge in [-0.3, -0.25) is 0 Å². The summed E-state index contributed by atoms with van der Waals surface area (Å²) in [4.78, 5) is 1.82.